The minimum Gasteiger partial charge on any atom is -0.478 e. The summed E-state index contributed by atoms with van der Waals surface area (Å²) in [6, 6.07) is 1.18. The Morgan fingerprint density at radius 1 is 1.30 bits per heavy atom. The summed E-state index contributed by atoms with van der Waals surface area (Å²) >= 11 is 1.69. The van der Waals surface area contributed by atoms with E-state index in [4.69, 9.17) is 5.11 Å². The molecular formula is C13H13F2NO3S. The summed E-state index contributed by atoms with van der Waals surface area (Å²) in [7, 11) is 1.55. The molecule has 0 bridgehead atoms. The molecule has 4 nitrogen and oxygen atoms in total. The molecule has 0 spiro atoms. The van der Waals surface area contributed by atoms with Gasteiger partial charge in [-0.3, -0.25) is 4.79 Å². The average molecular weight is 301 g/mol. The molecule has 0 saturated carbocycles. The third-order valence-electron chi connectivity index (χ3n) is 3.29. The van der Waals surface area contributed by atoms with Crippen LogP contribution in [0.5, 0.6) is 0 Å². The molecule has 1 aliphatic heterocycles. The second-order valence-corrected chi connectivity index (χ2v) is 5.70. The molecule has 0 aliphatic carbocycles. The molecule has 0 aromatic heterocycles. The number of carboxylic acid groups (broad SMARTS) is 1. The van der Waals surface area contributed by atoms with Gasteiger partial charge in [0.25, 0.3) is 5.91 Å². The Morgan fingerprint density at radius 2 is 1.90 bits per heavy atom. The van der Waals surface area contributed by atoms with Crippen molar-refractivity contribution in [2.45, 2.75) is 12.5 Å². The largest absolute Gasteiger partial charge is 0.478 e. The van der Waals surface area contributed by atoms with Crippen LogP contribution in [0, 0.1) is 11.6 Å². The van der Waals surface area contributed by atoms with Gasteiger partial charge in [-0.25, -0.2) is 13.6 Å². The molecule has 7 heteroatoms. The molecule has 1 unspecified atom stereocenters. The van der Waals surface area contributed by atoms with E-state index in [2.05, 4.69) is 0 Å². The van der Waals surface area contributed by atoms with E-state index in [1.54, 1.807) is 18.8 Å². The zero-order valence-electron chi connectivity index (χ0n) is 10.7. The molecule has 1 atom stereocenters. The fraction of sp³-hybridized carbons (Fsp3) is 0.385. The topological polar surface area (TPSA) is 57.6 Å². The average Bonchev–Trinajstić information content (AvgIpc) is 2.93. The first-order chi connectivity index (χ1) is 9.41. The van der Waals surface area contributed by atoms with E-state index in [9.17, 15) is 18.4 Å². The highest BCUT2D eigenvalue weighted by Crippen LogP contribution is 2.24. The second kappa shape index (κ2) is 5.78. The van der Waals surface area contributed by atoms with Crippen molar-refractivity contribution in [2.24, 2.45) is 0 Å². The molecule has 1 heterocycles. The number of nitrogens with zero attached hydrogens (tertiary/aromatic N) is 1. The Bertz CT molecular complexity index is 559. The molecule has 1 fully saturated rings. The van der Waals surface area contributed by atoms with Gasteiger partial charge in [0.15, 0.2) is 11.6 Å². The van der Waals surface area contributed by atoms with E-state index in [0.29, 0.717) is 12.1 Å². The molecule has 1 aromatic carbocycles. The predicted octanol–water partition coefficient (Wildman–Crippen LogP) is 2.24. The van der Waals surface area contributed by atoms with Gasteiger partial charge in [0.2, 0.25) is 0 Å². The zero-order valence-corrected chi connectivity index (χ0v) is 11.5. The Kier molecular flexibility index (Phi) is 4.27. The monoisotopic (exact) mass is 301 g/mol. The normalized spacial score (nSPS) is 18.1. The number of hydrogen-bond donors (Lipinski definition) is 1. The summed E-state index contributed by atoms with van der Waals surface area (Å²) in [5, 5.41) is 9.01. The molecule has 108 valence electrons. The van der Waals surface area contributed by atoms with E-state index in [-0.39, 0.29) is 11.6 Å². The standard InChI is InChI=1S/C13H13F2NO3S/c1-16(7-2-3-20-6-7)12(17)8-4-10(14)11(15)5-9(8)13(18)19/h4-5,7H,2-3,6H2,1H3,(H,18,19). The Morgan fingerprint density at radius 3 is 2.40 bits per heavy atom. The summed E-state index contributed by atoms with van der Waals surface area (Å²) in [6.07, 6.45) is 0.805. The smallest absolute Gasteiger partial charge is 0.336 e. The van der Waals surface area contributed by atoms with Crippen LogP contribution in [0.3, 0.4) is 0 Å². The highest BCUT2D eigenvalue weighted by Gasteiger charge is 2.28. The van der Waals surface area contributed by atoms with Crippen molar-refractivity contribution in [3.05, 3.63) is 34.9 Å². The van der Waals surface area contributed by atoms with E-state index in [1.807, 2.05) is 0 Å². The van der Waals surface area contributed by atoms with Crippen LogP contribution in [0.2, 0.25) is 0 Å². The number of thioether (sulfide) groups is 1. The number of carboxylic acids is 1. The predicted molar refractivity (Wildman–Crippen MR) is 71.1 cm³/mol. The van der Waals surface area contributed by atoms with Gasteiger partial charge in [-0.15, -0.1) is 0 Å². The maximum atomic E-state index is 13.3. The van der Waals surface area contributed by atoms with Crippen LogP contribution in [-0.4, -0.2) is 46.5 Å². The number of aromatic carboxylic acids is 1. The van der Waals surface area contributed by atoms with Gasteiger partial charge in [0.05, 0.1) is 11.1 Å². The fourth-order valence-corrected chi connectivity index (χ4v) is 3.35. The van der Waals surface area contributed by atoms with Crippen molar-refractivity contribution >= 4 is 23.6 Å². The number of amides is 1. The number of hydrogen-bond acceptors (Lipinski definition) is 3. The van der Waals surface area contributed by atoms with Crippen molar-refractivity contribution in [1.29, 1.82) is 0 Å². The zero-order chi connectivity index (χ0) is 14.9. The first kappa shape index (κ1) is 14.8. The molecule has 1 N–H and O–H groups in total. The molecule has 1 amide bonds. The van der Waals surface area contributed by atoms with Crippen LogP contribution >= 0.6 is 11.8 Å². The van der Waals surface area contributed by atoms with Gasteiger partial charge in [0.1, 0.15) is 0 Å². The maximum Gasteiger partial charge on any atom is 0.336 e. The minimum atomic E-state index is -1.46. The number of carbonyl (C=O) groups is 2. The van der Waals surface area contributed by atoms with Crippen LogP contribution in [-0.2, 0) is 0 Å². The third-order valence-corrected chi connectivity index (χ3v) is 4.44. The Hall–Kier alpha value is -1.63. The molecule has 1 aromatic rings. The summed E-state index contributed by atoms with van der Waals surface area (Å²) in [5.74, 6) is -2.89. The lowest BCUT2D eigenvalue weighted by Crippen LogP contribution is -2.37. The van der Waals surface area contributed by atoms with E-state index >= 15 is 0 Å². The molecule has 1 saturated heterocycles. The highest BCUT2D eigenvalue weighted by atomic mass is 32.2. The third kappa shape index (κ3) is 2.77. The number of rotatable bonds is 3. The van der Waals surface area contributed by atoms with Gasteiger partial charge in [0, 0.05) is 18.8 Å². The minimum absolute atomic E-state index is 0.0118. The molecule has 2 rings (SSSR count). The summed E-state index contributed by atoms with van der Waals surface area (Å²) < 4.78 is 26.4. The van der Waals surface area contributed by atoms with Crippen LogP contribution in [0.25, 0.3) is 0 Å². The first-order valence-electron chi connectivity index (χ1n) is 5.99. The number of carbonyl (C=O) groups excluding carboxylic acids is 1. The van der Waals surface area contributed by atoms with Crippen LogP contribution < -0.4 is 0 Å². The number of benzene rings is 1. The maximum absolute atomic E-state index is 13.3. The Labute approximate surface area is 118 Å². The lowest BCUT2D eigenvalue weighted by atomic mass is 10.0. The van der Waals surface area contributed by atoms with E-state index < -0.39 is 29.1 Å². The summed E-state index contributed by atoms with van der Waals surface area (Å²) in [5.41, 5.74) is -0.845. The van der Waals surface area contributed by atoms with Crippen molar-refractivity contribution in [1.82, 2.24) is 4.90 Å². The SMILES string of the molecule is CN(C(=O)c1cc(F)c(F)cc1C(=O)O)C1CCSC1. The van der Waals surface area contributed by atoms with Gasteiger partial charge >= 0.3 is 5.97 Å². The first-order valence-corrected chi connectivity index (χ1v) is 7.14. The van der Waals surface area contributed by atoms with Crippen LogP contribution in [0.15, 0.2) is 12.1 Å². The lowest BCUT2D eigenvalue weighted by molar-refractivity contribution is 0.0672. The Balaban J connectivity index is 2.37. The second-order valence-electron chi connectivity index (χ2n) is 4.55. The molecule has 1 aliphatic rings. The van der Waals surface area contributed by atoms with Gasteiger partial charge < -0.3 is 10.0 Å². The van der Waals surface area contributed by atoms with E-state index in [1.165, 1.54) is 4.90 Å². The molecular weight excluding hydrogens is 288 g/mol. The fourth-order valence-electron chi connectivity index (χ4n) is 2.08. The number of halogens is 2. The summed E-state index contributed by atoms with van der Waals surface area (Å²) in [6.45, 7) is 0. The lowest BCUT2D eigenvalue weighted by Gasteiger charge is -2.24. The highest BCUT2D eigenvalue weighted by molar-refractivity contribution is 7.99. The van der Waals surface area contributed by atoms with Gasteiger partial charge in [-0.2, -0.15) is 11.8 Å². The molecule has 0 radical (unpaired) electrons. The van der Waals surface area contributed by atoms with Crippen molar-refractivity contribution in [3.63, 3.8) is 0 Å². The van der Waals surface area contributed by atoms with Crippen molar-refractivity contribution in [3.8, 4) is 0 Å². The van der Waals surface area contributed by atoms with Crippen molar-refractivity contribution < 1.29 is 23.5 Å². The quantitative estimate of drug-likeness (QED) is 0.930. The van der Waals surface area contributed by atoms with Gasteiger partial charge in [-0.05, 0) is 24.3 Å². The van der Waals surface area contributed by atoms with E-state index in [0.717, 1.165) is 17.9 Å². The molecule has 20 heavy (non-hydrogen) atoms. The summed E-state index contributed by atoms with van der Waals surface area (Å²) in [4.78, 5) is 24.8. The van der Waals surface area contributed by atoms with Crippen LogP contribution in [0.4, 0.5) is 8.78 Å². The van der Waals surface area contributed by atoms with Crippen molar-refractivity contribution in [2.75, 3.05) is 18.6 Å². The van der Waals surface area contributed by atoms with Crippen LogP contribution in [0.1, 0.15) is 27.1 Å². The van der Waals surface area contributed by atoms with Gasteiger partial charge in [-0.1, -0.05) is 0 Å².